The molecule has 39 heavy (non-hydrogen) atoms. The van der Waals surface area contributed by atoms with E-state index < -0.39 is 6.09 Å². The molecular weight excluding hydrogens is 501 g/mol. The Balaban J connectivity index is 1.31. The number of carbonyl (C=O) groups is 1. The van der Waals surface area contributed by atoms with Gasteiger partial charge in [-0.15, -0.1) is 0 Å². The first-order chi connectivity index (χ1) is 18.9. The summed E-state index contributed by atoms with van der Waals surface area (Å²) in [6.45, 7) is 3.66. The van der Waals surface area contributed by atoms with E-state index in [1.54, 1.807) is 24.7 Å². The smallest absolute Gasteiger partial charge is 0.411 e. The Morgan fingerprint density at radius 2 is 1.97 bits per heavy atom. The fourth-order valence-corrected chi connectivity index (χ4v) is 4.75. The molecule has 0 saturated heterocycles. The largest absolute Gasteiger partial charge is 0.491 e. The van der Waals surface area contributed by atoms with E-state index >= 15 is 0 Å². The highest BCUT2D eigenvalue weighted by Crippen LogP contribution is 2.33. The number of pyridine rings is 1. The summed E-state index contributed by atoms with van der Waals surface area (Å²) in [5.41, 5.74) is 6.65. The first-order valence-corrected chi connectivity index (χ1v) is 12.3. The van der Waals surface area contributed by atoms with Gasteiger partial charge in [0.2, 0.25) is 5.95 Å². The minimum atomic E-state index is -1.20. The van der Waals surface area contributed by atoms with Gasteiger partial charge in [-0.05, 0) is 48.4 Å². The summed E-state index contributed by atoms with van der Waals surface area (Å²) >= 11 is 0. The number of nitrogens with one attached hydrogen (secondary N) is 2. The summed E-state index contributed by atoms with van der Waals surface area (Å²) in [7, 11) is 0. The number of aromatic amines is 1. The predicted molar refractivity (Wildman–Crippen MR) is 143 cm³/mol. The van der Waals surface area contributed by atoms with Crippen LogP contribution >= 0.6 is 0 Å². The molecule has 0 spiro atoms. The van der Waals surface area contributed by atoms with Crippen molar-refractivity contribution in [2.45, 2.75) is 19.9 Å². The zero-order valence-electron chi connectivity index (χ0n) is 21.0. The van der Waals surface area contributed by atoms with Gasteiger partial charge in [-0.2, -0.15) is 4.98 Å². The molecule has 1 aliphatic heterocycles. The van der Waals surface area contributed by atoms with Crippen molar-refractivity contribution in [3.63, 3.8) is 0 Å². The van der Waals surface area contributed by atoms with Crippen molar-refractivity contribution in [2.24, 2.45) is 0 Å². The third kappa shape index (κ3) is 5.06. The van der Waals surface area contributed by atoms with E-state index in [0.29, 0.717) is 37.3 Å². The fraction of sp³-hybridized carbons (Fsp3) is 0.179. The van der Waals surface area contributed by atoms with Crippen LogP contribution in [-0.4, -0.2) is 49.3 Å². The molecule has 1 aliphatic rings. The number of halogens is 1. The number of fused-ring (bicyclic) bond motifs is 2. The third-order valence-corrected chi connectivity index (χ3v) is 6.67. The molecule has 1 amide bonds. The van der Waals surface area contributed by atoms with Crippen molar-refractivity contribution in [1.29, 1.82) is 0 Å². The van der Waals surface area contributed by atoms with Crippen LogP contribution in [0.5, 0.6) is 5.75 Å². The van der Waals surface area contributed by atoms with E-state index in [1.165, 1.54) is 12.1 Å². The second-order valence-corrected chi connectivity index (χ2v) is 9.27. The van der Waals surface area contributed by atoms with E-state index in [9.17, 15) is 9.18 Å². The van der Waals surface area contributed by atoms with Crippen LogP contribution in [0.4, 0.5) is 21.0 Å². The summed E-state index contributed by atoms with van der Waals surface area (Å²) in [4.78, 5) is 33.7. The molecule has 0 saturated carbocycles. The van der Waals surface area contributed by atoms with Crippen LogP contribution in [0.3, 0.4) is 0 Å². The number of benzene rings is 2. The normalized spacial score (nSPS) is 13.0. The molecule has 0 fully saturated rings. The second kappa shape index (κ2) is 10.0. The summed E-state index contributed by atoms with van der Waals surface area (Å²) in [5, 5.41) is 11.2. The second-order valence-electron chi connectivity index (χ2n) is 9.27. The molecule has 2 aromatic carbocycles. The van der Waals surface area contributed by atoms with Crippen LogP contribution in [0.1, 0.15) is 22.4 Å². The predicted octanol–water partition coefficient (Wildman–Crippen LogP) is 4.94. The molecule has 0 unspecified atom stereocenters. The maximum atomic E-state index is 13.5. The van der Waals surface area contributed by atoms with Gasteiger partial charge in [0.1, 0.15) is 30.3 Å². The van der Waals surface area contributed by atoms with Gasteiger partial charge in [0.25, 0.3) is 0 Å². The molecule has 0 aliphatic carbocycles. The summed E-state index contributed by atoms with van der Waals surface area (Å²) in [6.07, 6.45) is 2.66. The van der Waals surface area contributed by atoms with E-state index in [0.717, 1.165) is 45.1 Å². The van der Waals surface area contributed by atoms with Crippen LogP contribution in [0.15, 0.2) is 61.1 Å². The number of aryl methyl sites for hydroxylation is 1. The summed E-state index contributed by atoms with van der Waals surface area (Å²) in [5.74, 6) is 1.48. The minimum absolute atomic E-state index is 0.115. The number of carboxylic acid groups (broad SMARTS) is 1. The number of ether oxygens (including phenoxy) is 1. The molecule has 6 rings (SSSR count). The highest BCUT2D eigenvalue weighted by atomic mass is 19.1. The molecule has 11 heteroatoms. The lowest BCUT2D eigenvalue weighted by Gasteiger charge is -2.24. The fourth-order valence-electron chi connectivity index (χ4n) is 4.75. The summed E-state index contributed by atoms with van der Waals surface area (Å²) < 4.78 is 19.5. The number of rotatable bonds is 5. The number of hydrogen-bond donors (Lipinski definition) is 3. The molecule has 196 valence electrons. The Bertz CT molecular complexity index is 1690. The number of H-pyrrole nitrogens is 1. The highest BCUT2D eigenvalue weighted by molar-refractivity contribution is 5.85. The minimum Gasteiger partial charge on any atom is -0.491 e. The lowest BCUT2D eigenvalue weighted by atomic mass is 10.0. The molecule has 0 atom stereocenters. The van der Waals surface area contributed by atoms with Gasteiger partial charge in [0.15, 0.2) is 5.65 Å². The first-order valence-electron chi connectivity index (χ1n) is 12.3. The number of aromatic nitrogens is 5. The van der Waals surface area contributed by atoms with Gasteiger partial charge in [-0.3, -0.25) is 5.32 Å². The Labute approximate surface area is 222 Å². The number of imidazole rings is 1. The average Bonchev–Trinajstić information content (AvgIpc) is 3.19. The van der Waals surface area contributed by atoms with E-state index in [2.05, 4.69) is 41.2 Å². The average molecular weight is 526 g/mol. The molecule has 0 bridgehead atoms. The molecule has 3 aromatic heterocycles. The number of hydrogen-bond acceptors (Lipinski definition) is 7. The van der Waals surface area contributed by atoms with Crippen molar-refractivity contribution in [3.05, 3.63) is 89.3 Å². The van der Waals surface area contributed by atoms with Crippen molar-refractivity contribution in [3.8, 4) is 16.9 Å². The molecule has 5 aromatic rings. The zero-order valence-corrected chi connectivity index (χ0v) is 21.0. The number of anilines is 2. The van der Waals surface area contributed by atoms with Gasteiger partial charge in [0.05, 0.1) is 12.1 Å². The van der Waals surface area contributed by atoms with Crippen LogP contribution < -0.4 is 15.0 Å². The Hall–Kier alpha value is -5.06. The van der Waals surface area contributed by atoms with Crippen molar-refractivity contribution in [2.75, 3.05) is 23.4 Å². The van der Waals surface area contributed by atoms with Crippen LogP contribution in [0.25, 0.3) is 22.3 Å². The van der Waals surface area contributed by atoms with Gasteiger partial charge >= 0.3 is 6.09 Å². The molecule has 4 heterocycles. The maximum Gasteiger partial charge on any atom is 0.411 e. The number of nitrogens with zero attached hydrogens (tertiary/aromatic N) is 5. The number of amides is 1. The van der Waals surface area contributed by atoms with Crippen LogP contribution in [-0.2, 0) is 13.0 Å². The van der Waals surface area contributed by atoms with Gasteiger partial charge in [-0.1, -0.05) is 18.2 Å². The van der Waals surface area contributed by atoms with Gasteiger partial charge in [0, 0.05) is 41.5 Å². The van der Waals surface area contributed by atoms with Crippen molar-refractivity contribution in [1.82, 2.24) is 24.9 Å². The topological polar surface area (TPSA) is 129 Å². The lowest BCUT2D eigenvalue weighted by Crippen LogP contribution is -2.28. The van der Waals surface area contributed by atoms with E-state index in [-0.39, 0.29) is 11.8 Å². The monoisotopic (exact) mass is 525 g/mol. The lowest BCUT2D eigenvalue weighted by molar-refractivity contribution is 0.209. The Morgan fingerprint density at radius 1 is 1.13 bits per heavy atom. The SMILES string of the molecule is Cc1ncnc(N2CCOc3ccc(-c4cnc5nc(NC(=O)O)[nH]c5c4)cc3C2)c1Cc1ccc(F)cc1. The first kappa shape index (κ1) is 24.3. The van der Waals surface area contributed by atoms with Crippen LogP contribution in [0.2, 0.25) is 0 Å². The van der Waals surface area contributed by atoms with E-state index in [1.807, 2.05) is 25.1 Å². The Morgan fingerprint density at radius 3 is 2.79 bits per heavy atom. The molecule has 0 radical (unpaired) electrons. The Kier molecular flexibility index (Phi) is 6.23. The quantitative estimate of drug-likeness (QED) is 0.294. The van der Waals surface area contributed by atoms with Crippen molar-refractivity contribution >= 4 is 29.0 Å². The maximum absolute atomic E-state index is 13.5. The molecule has 10 nitrogen and oxygen atoms in total. The third-order valence-electron chi connectivity index (χ3n) is 6.67. The molecular formula is C28H24FN7O3. The summed E-state index contributed by atoms with van der Waals surface area (Å²) in [6, 6.07) is 14.4. The van der Waals surface area contributed by atoms with E-state index in [4.69, 9.17) is 9.84 Å². The zero-order chi connectivity index (χ0) is 26.9. The highest BCUT2D eigenvalue weighted by Gasteiger charge is 2.21. The van der Waals surface area contributed by atoms with Crippen LogP contribution in [0, 0.1) is 12.7 Å². The van der Waals surface area contributed by atoms with Gasteiger partial charge < -0.3 is 19.7 Å². The standard InChI is InChI=1S/C28H24FN7O3/c1-16-22(10-17-2-5-21(29)6-3-17)26(32-15-31-16)36-8-9-39-24-7-4-18(11-20(24)14-36)19-12-23-25(30-13-19)34-27(33-23)35-28(37)38/h2-7,11-13,15H,8-10,14H2,1H3,(H,37,38)(H2,30,33,34,35). The van der Waals surface area contributed by atoms with Crippen molar-refractivity contribution < 1.29 is 19.0 Å². The molecule has 3 N–H and O–H groups in total. The van der Waals surface area contributed by atoms with Gasteiger partial charge in [-0.25, -0.2) is 24.1 Å².